The predicted molar refractivity (Wildman–Crippen MR) is 109 cm³/mol. The molecule has 0 aliphatic heterocycles. The predicted octanol–water partition coefficient (Wildman–Crippen LogP) is 4.77. The molecule has 0 aliphatic carbocycles. The van der Waals surface area contributed by atoms with Crippen LogP contribution in [0.15, 0.2) is 58.5 Å². The van der Waals surface area contributed by atoms with E-state index >= 15 is 0 Å². The minimum atomic E-state index is -2.92. The lowest BCUT2D eigenvalue weighted by molar-refractivity contribution is -0.0498. The van der Waals surface area contributed by atoms with E-state index in [9.17, 15) is 18.4 Å². The Morgan fingerprint density at radius 1 is 1.17 bits per heavy atom. The third-order valence-electron chi connectivity index (χ3n) is 4.29. The summed E-state index contributed by atoms with van der Waals surface area (Å²) in [5, 5.41) is 0.501. The summed E-state index contributed by atoms with van der Waals surface area (Å²) in [4.78, 5) is 30.2. The second-order valence-electron chi connectivity index (χ2n) is 6.40. The zero-order valence-electron chi connectivity index (χ0n) is 16.0. The number of aromatic nitrogens is 2. The number of para-hydroxylation sites is 1. The summed E-state index contributed by atoms with van der Waals surface area (Å²) in [5.41, 5.74) is 0.824. The summed E-state index contributed by atoms with van der Waals surface area (Å²) < 4.78 is 30.4. The van der Waals surface area contributed by atoms with Crippen LogP contribution < -0.4 is 10.3 Å². The Labute approximate surface area is 170 Å². The zero-order valence-corrected chi connectivity index (χ0v) is 16.8. The van der Waals surface area contributed by atoms with Crippen molar-refractivity contribution >= 4 is 28.4 Å². The van der Waals surface area contributed by atoms with Crippen LogP contribution in [0.2, 0.25) is 0 Å². The van der Waals surface area contributed by atoms with Crippen LogP contribution >= 0.6 is 11.8 Å². The summed E-state index contributed by atoms with van der Waals surface area (Å²) in [6.07, 6.45) is 0.751. The number of hydrogen-bond acceptors (Lipinski definition) is 5. The molecule has 0 N–H and O–H groups in total. The minimum absolute atomic E-state index is 0.00941. The second-order valence-corrected chi connectivity index (χ2v) is 7.70. The van der Waals surface area contributed by atoms with E-state index in [0.717, 1.165) is 6.42 Å². The van der Waals surface area contributed by atoms with E-state index in [1.807, 2.05) is 13.0 Å². The van der Waals surface area contributed by atoms with Crippen LogP contribution in [0.25, 0.3) is 10.9 Å². The quantitative estimate of drug-likeness (QED) is 0.300. The number of benzene rings is 2. The summed E-state index contributed by atoms with van der Waals surface area (Å²) in [5.74, 6) is -0.200. The zero-order chi connectivity index (χ0) is 21.0. The molecule has 5 nitrogen and oxygen atoms in total. The highest BCUT2D eigenvalue weighted by atomic mass is 32.2. The van der Waals surface area contributed by atoms with E-state index in [2.05, 4.69) is 9.72 Å². The molecule has 8 heteroatoms. The first kappa shape index (κ1) is 21.0. The highest BCUT2D eigenvalue weighted by Crippen LogP contribution is 2.26. The van der Waals surface area contributed by atoms with Gasteiger partial charge in [-0.2, -0.15) is 8.78 Å². The number of fused-ring (bicyclic) bond motifs is 1. The topological polar surface area (TPSA) is 61.2 Å². The van der Waals surface area contributed by atoms with Gasteiger partial charge in [0.05, 0.1) is 16.2 Å². The van der Waals surface area contributed by atoms with Gasteiger partial charge in [-0.25, -0.2) is 4.98 Å². The number of ketones is 1. The van der Waals surface area contributed by atoms with Crippen molar-refractivity contribution in [1.82, 2.24) is 9.55 Å². The molecular formula is C21H20F2N2O3S. The molecule has 0 fully saturated rings. The van der Waals surface area contributed by atoms with Crippen molar-refractivity contribution in [2.24, 2.45) is 0 Å². The van der Waals surface area contributed by atoms with Crippen LogP contribution in [0, 0.1) is 0 Å². The molecule has 1 atom stereocenters. The van der Waals surface area contributed by atoms with Gasteiger partial charge in [0.15, 0.2) is 10.9 Å². The minimum Gasteiger partial charge on any atom is -0.435 e. The molecule has 2 aromatic carbocycles. The lowest BCUT2D eigenvalue weighted by atomic mass is 10.1. The SMILES string of the molecule is CCCn1c(S[C@H](C)C(=O)c2ccc(OC(F)F)cc2)nc2ccccc2c1=O. The van der Waals surface area contributed by atoms with Gasteiger partial charge < -0.3 is 4.74 Å². The second kappa shape index (κ2) is 9.17. The molecule has 3 rings (SSSR count). The molecule has 0 bridgehead atoms. The summed E-state index contributed by atoms with van der Waals surface area (Å²) in [7, 11) is 0. The van der Waals surface area contributed by atoms with Gasteiger partial charge in [-0.3, -0.25) is 14.2 Å². The van der Waals surface area contributed by atoms with Gasteiger partial charge in [0.25, 0.3) is 5.56 Å². The molecule has 0 aliphatic rings. The van der Waals surface area contributed by atoms with Crippen LogP contribution in [0.1, 0.15) is 30.6 Å². The number of carbonyl (C=O) groups excluding carboxylic acids is 1. The maximum absolute atomic E-state index is 12.8. The van der Waals surface area contributed by atoms with Crippen molar-refractivity contribution in [2.75, 3.05) is 0 Å². The van der Waals surface area contributed by atoms with E-state index in [0.29, 0.717) is 28.2 Å². The molecule has 152 valence electrons. The molecule has 0 amide bonds. The Bertz CT molecular complexity index is 1070. The maximum atomic E-state index is 12.8. The van der Waals surface area contributed by atoms with Gasteiger partial charge in [-0.1, -0.05) is 30.8 Å². The molecule has 0 saturated heterocycles. The van der Waals surface area contributed by atoms with Crippen molar-refractivity contribution in [3.63, 3.8) is 0 Å². The fourth-order valence-corrected chi connectivity index (χ4v) is 3.92. The molecular weight excluding hydrogens is 398 g/mol. The number of thioether (sulfide) groups is 1. The highest BCUT2D eigenvalue weighted by molar-refractivity contribution is 8.00. The van der Waals surface area contributed by atoms with Gasteiger partial charge in [0.1, 0.15) is 5.75 Å². The van der Waals surface area contributed by atoms with Crippen molar-refractivity contribution in [1.29, 1.82) is 0 Å². The molecule has 29 heavy (non-hydrogen) atoms. The average molecular weight is 418 g/mol. The van der Waals surface area contributed by atoms with E-state index in [1.54, 1.807) is 29.7 Å². The lowest BCUT2D eigenvalue weighted by Gasteiger charge is -2.15. The first-order valence-corrected chi connectivity index (χ1v) is 10.0. The molecule has 0 radical (unpaired) electrons. The molecule has 0 unspecified atom stereocenters. The first-order valence-electron chi connectivity index (χ1n) is 9.16. The summed E-state index contributed by atoms with van der Waals surface area (Å²) in [6, 6.07) is 12.7. The van der Waals surface area contributed by atoms with Gasteiger partial charge in [0.2, 0.25) is 0 Å². The number of hydrogen-bond donors (Lipinski definition) is 0. The van der Waals surface area contributed by atoms with Gasteiger partial charge in [-0.05, 0) is 49.7 Å². The number of carbonyl (C=O) groups is 1. The van der Waals surface area contributed by atoms with Crippen LogP contribution in [0.3, 0.4) is 0 Å². The largest absolute Gasteiger partial charge is 0.435 e. The number of halogens is 2. The number of Topliss-reactive ketones (excluding diaryl/α,β-unsaturated/α-hetero) is 1. The van der Waals surface area contributed by atoms with Crippen LogP contribution in [-0.2, 0) is 6.54 Å². The molecule has 0 spiro atoms. The molecule has 1 aromatic heterocycles. The van der Waals surface area contributed by atoms with E-state index in [1.165, 1.54) is 36.0 Å². The lowest BCUT2D eigenvalue weighted by Crippen LogP contribution is -2.25. The summed E-state index contributed by atoms with van der Waals surface area (Å²) >= 11 is 1.21. The smallest absolute Gasteiger partial charge is 0.387 e. The first-order chi connectivity index (χ1) is 13.9. The Morgan fingerprint density at radius 2 is 1.86 bits per heavy atom. The third kappa shape index (κ3) is 4.82. The fraction of sp³-hybridized carbons (Fsp3) is 0.286. The van der Waals surface area contributed by atoms with Crippen molar-refractivity contribution < 1.29 is 18.3 Å². The monoisotopic (exact) mass is 418 g/mol. The average Bonchev–Trinajstić information content (AvgIpc) is 2.70. The number of ether oxygens (including phenoxy) is 1. The molecule has 1 heterocycles. The number of alkyl halides is 2. The molecule has 3 aromatic rings. The van der Waals surface area contributed by atoms with E-state index in [-0.39, 0.29) is 17.1 Å². The standard InChI is InChI=1S/C21H20F2N2O3S/c1-3-12-25-19(27)16-6-4-5-7-17(16)24-21(25)29-13(2)18(26)14-8-10-15(11-9-14)28-20(22)23/h4-11,13,20H,3,12H2,1-2H3/t13-/m1/s1. The van der Waals surface area contributed by atoms with Crippen LogP contribution in [0.4, 0.5) is 8.78 Å². The Hall–Kier alpha value is -2.74. The van der Waals surface area contributed by atoms with Gasteiger partial charge in [-0.15, -0.1) is 0 Å². The maximum Gasteiger partial charge on any atom is 0.387 e. The fourth-order valence-electron chi connectivity index (χ4n) is 2.91. The molecule has 0 saturated carbocycles. The van der Waals surface area contributed by atoms with Crippen molar-refractivity contribution in [3.05, 3.63) is 64.4 Å². The van der Waals surface area contributed by atoms with Crippen molar-refractivity contribution in [2.45, 2.75) is 43.8 Å². The number of nitrogens with zero attached hydrogens (tertiary/aromatic N) is 2. The van der Waals surface area contributed by atoms with E-state index < -0.39 is 11.9 Å². The third-order valence-corrected chi connectivity index (χ3v) is 5.38. The van der Waals surface area contributed by atoms with Crippen molar-refractivity contribution in [3.8, 4) is 5.75 Å². The highest BCUT2D eigenvalue weighted by Gasteiger charge is 2.20. The van der Waals surface area contributed by atoms with E-state index in [4.69, 9.17) is 0 Å². The number of rotatable bonds is 8. The normalized spacial score (nSPS) is 12.3. The Morgan fingerprint density at radius 3 is 2.52 bits per heavy atom. The van der Waals surface area contributed by atoms with Gasteiger partial charge in [0, 0.05) is 12.1 Å². The Kier molecular flexibility index (Phi) is 6.64. The van der Waals surface area contributed by atoms with Gasteiger partial charge >= 0.3 is 6.61 Å². The summed E-state index contributed by atoms with van der Waals surface area (Å²) in [6.45, 7) is 1.28. The Balaban J connectivity index is 1.86. The van der Waals surface area contributed by atoms with Crippen LogP contribution in [-0.4, -0.2) is 27.2 Å². The van der Waals surface area contributed by atoms with Crippen LogP contribution in [0.5, 0.6) is 5.75 Å².